The third-order valence-electron chi connectivity index (χ3n) is 4.60. The van der Waals surface area contributed by atoms with E-state index in [1.807, 2.05) is 30.3 Å². The van der Waals surface area contributed by atoms with Gasteiger partial charge in [-0.3, -0.25) is 0 Å². The molecular weight excluding hydrogens is 342 g/mol. The SMILES string of the molecule is OCC/C=C(\C=C\c1ccccc1)C(NCc1ccccc1)c1ccccc1. The molecule has 0 radical (unpaired) electrons. The summed E-state index contributed by atoms with van der Waals surface area (Å²) in [6.07, 6.45) is 7.03. The predicted molar refractivity (Wildman–Crippen MR) is 118 cm³/mol. The minimum absolute atomic E-state index is 0.0490. The average molecular weight is 370 g/mol. The van der Waals surface area contributed by atoms with Gasteiger partial charge in [0.2, 0.25) is 0 Å². The van der Waals surface area contributed by atoms with Gasteiger partial charge in [-0.15, -0.1) is 0 Å². The van der Waals surface area contributed by atoms with Crippen LogP contribution >= 0.6 is 0 Å². The first-order valence-electron chi connectivity index (χ1n) is 9.73. The lowest BCUT2D eigenvalue weighted by Crippen LogP contribution is -2.22. The quantitative estimate of drug-likeness (QED) is 0.485. The van der Waals surface area contributed by atoms with Gasteiger partial charge in [-0.05, 0) is 28.7 Å². The number of benzene rings is 3. The molecule has 0 aromatic heterocycles. The third kappa shape index (κ3) is 6.05. The van der Waals surface area contributed by atoms with Crippen LogP contribution < -0.4 is 5.32 Å². The molecule has 3 aromatic carbocycles. The number of aliphatic hydroxyl groups is 1. The summed E-state index contributed by atoms with van der Waals surface area (Å²) in [5.74, 6) is 0. The van der Waals surface area contributed by atoms with Gasteiger partial charge >= 0.3 is 0 Å². The molecule has 28 heavy (non-hydrogen) atoms. The van der Waals surface area contributed by atoms with E-state index in [0.717, 1.165) is 17.7 Å². The summed E-state index contributed by atoms with van der Waals surface area (Å²) in [4.78, 5) is 0. The van der Waals surface area contributed by atoms with E-state index < -0.39 is 0 Å². The third-order valence-corrected chi connectivity index (χ3v) is 4.60. The highest BCUT2D eigenvalue weighted by atomic mass is 16.2. The summed E-state index contributed by atoms with van der Waals surface area (Å²) in [5.41, 5.74) is 4.77. The Bertz CT molecular complexity index is 870. The van der Waals surface area contributed by atoms with Gasteiger partial charge in [0, 0.05) is 13.2 Å². The van der Waals surface area contributed by atoms with Crippen LogP contribution in [0.2, 0.25) is 0 Å². The van der Waals surface area contributed by atoms with Crippen molar-refractivity contribution in [2.75, 3.05) is 6.61 Å². The molecule has 0 saturated carbocycles. The Kier molecular flexibility index (Phi) is 7.80. The van der Waals surface area contributed by atoms with Crippen molar-refractivity contribution in [3.63, 3.8) is 0 Å². The zero-order valence-corrected chi connectivity index (χ0v) is 16.0. The van der Waals surface area contributed by atoms with Gasteiger partial charge < -0.3 is 10.4 Å². The van der Waals surface area contributed by atoms with E-state index in [4.69, 9.17) is 0 Å². The van der Waals surface area contributed by atoms with E-state index in [1.165, 1.54) is 11.1 Å². The summed E-state index contributed by atoms with van der Waals surface area (Å²) >= 11 is 0. The van der Waals surface area contributed by atoms with Crippen LogP contribution in [0.4, 0.5) is 0 Å². The van der Waals surface area contributed by atoms with Crippen molar-refractivity contribution < 1.29 is 5.11 Å². The molecule has 0 fully saturated rings. The van der Waals surface area contributed by atoms with Crippen LogP contribution in [-0.4, -0.2) is 11.7 Å². The largest absolute Gasteiger partial charge is 0.396 e. The van der Waals surface area contributed by atoms with Crippen LogP contribution in [-0.2, 0) is 6.54 Å². The fourth-order valence-electron chi connectivity index (χ4n) is 3.16. The Balaban J connectivity index is 1.88. The number of aliphatic hydroxyl groups excluding tert-OH is 1. The van der Waals surface area contributed by atoms with Crippen molar-refractivity contribution in [3.8, 4) is 0 Å². The van der Waals surface area contributed by atoms with E-state index in [-0.39, 0.29) is 12.6 Å². The number of rotatable bonds is 9. The van der Waals surface area contributed by atoms with Gasteiger partial charge in [0.15, 0.2) is 0 Å². The number of hydrogen-bond acceptors (Lipinski definition) is 2. The summed E-state index contributed by atoms with van der Waals surface area (Å²) in [7, 11) is 0. The fourth-order valence-corrected chi connectivity index (χ4v) is 3.16. The van der Waals surface area contributed by atoms with Crippen molar-refractivity contribution in [1.82, 2.24) is 5.32 Å². The lowest BCUT2D eigenvalue weighted by atomic mass is 9.96. The van der Waals surface area contributed by atoms with E-state index in [1.54, 1.807) is 0 Å². The first-order valence-corrected chi connectivity index (χ1v) is 9.73. The molecule has 1 atom stereocenters. The van der Waals surface area contributed by atoms with Crippen LogP contribution in [0.25, 0.3) is 6.08 Å². The number of hydrogen-bond donors (Lipinski definition) is 2. The highest BCUT2D eigenvalue weighted by Crippen LogP contribution is 2.25. The van der Waals surface area contributed by atoms with Crippen LogP contribution in [0.1, 0.15) is 29.2 Å². The molecule has 3 rings (SSSR count). The summed E-state index contributed by atoms with van der Waals surface area (Å²) in [6.45, 7) is 0.916. The smallest absolute Gasteiger partial charge is 0.0576 e. The maximum absolute atomic E-state index is 9.37. The van der Waals surface area contributed by atoms with Crippen LogP contribution in [0.5, 0.6) is 0 Å². The maximum Gasteiger partial charge on any atom is 0.0576 e. The molecule has 3 aromatic rings. The lowest BCUT2D eigenvalue weighted by Gasteiger charge is -2.21. The summed E-state index contributed by atoms with van der Waals surface area (Å²) in [6, 6.07) is 31.2. The topological polar surface area (TPSA) is 32.3 Å². The summed E-state index contributed by atoms with van der Waals surface area (Å²) < 4.78 is 0. The minimum atomic E-state index is 0.0490. The zero-order valence-electron chi connectivity index (χ0n) is 16.0. The van der Waals surface area contributed by atoms with Crippen molar-refractivity contribution in [3.05, 3.63) is 125 Å². The van der Waals surface area contributed by atoms with Crippen molar-refractivity contribution in [2.24, 2.45) is 0 Å². The van der Waals surface area contributed by atoms with E-state index in [9.17, 15) is 5.11 Å². The Hall–Kier alpha value is -2.94. The van der Waals surface area contributed by atoms with Crippen molar-refractivity contribution in [2.45, 2.75) is 19.0 Å². The van der Waals surface area contributed by atoms with Crippen LogP contribution in [0.3, 0.4) is 0 Å². The fraction of sp³-hybridized carbons (Fsp3) is 0.154. The van der Waals surface area contributed by atoms with Gasteiger partial charge in [0.25, 0.3) is 0 Å². The molecule has 0 heterocycles. The molecule has 0 aliphatic rings. The van der Waals surface area contributed by atoms with Gasteiger partial charge in [0.1, 0.15) is 0 Å². The minimum Gasteiger partial charge on any atom is -0.396 e. The highest BCUT2D eigenvalue weighted by Gasteiger charge is 2.14. The molecule has 1 unspecified atom stereocenters. The van der Waals surface area contributed by atoms with Gasteiger partial charge in [-0.1, -0.05) is 109 Å². The Morgan fingerprint density at radius 1 is 0.821 bits per heavy atom. The molecule has 2 heteroatoms. The highest BCUT2D eigenvalue weighted by molar-refractivity contribution is 5.54. The molecule has 142 valence electrons. The normalized spacial score (nSPS) is 13.0. The van der Waals surface area contributed by atoms with Gasteiger partial charge in [-0.2, -0.15) is 0 Å². The molecule has 0 amide bonds. The second-order valence-corrected chi connectivity index (χ2v) is 6.67. The average Bonchev–Trinajstić information content (AvgIpc) is 2.77. The molecule has 2 N–H and O–H groups in total. The Morgan fingerprint density at radius 2 is 1.43 bits per heavy atom. The summed E-state index contributed by atoms with van der Waals surface area (Å²) in [5, 5.41) is 13.1. The maximum atomic E-state index is 9.37. The second-order valence-electron chi connectivity index (χ2n) is 6.67. The monoisotopic (exact) mass is 369 g/mol. The zero-order chi connectivity index (χ0) is 19.4. The number of nitrogens with one attached hydrogen (secondary N) is 1. The molecule has 0 saturated heterocycles. The lowest BCUT2D eigenvalue weighted by molar-refractivity contribution is 0.302. The Morgan fingerprint density at radius 3 is 2.07 bits per heavy atom. The van der Waals surface area contributed by atoms with Gasteiger partial charge in [-0.25, -0.2) is 0 Å². The van der Waals surface area contributed by atoms with Crippen LogP contribution in [0, 0.1) is 0 Å². The molecule has 2 nitrogen and oxygen atoms in total. The molecule has 0 aliphatic carbocycles. The molecule has 0 spiro atoms. The first-order chi connectivity index (χ1) is 13.9. The van der Waals surface area contributed by atoms with E-state index >= 15 is 0 Å². The standard InChI is InChI=1S/C26H27NO/c28-20-10-17-25(19-18-22-11-4-1-5-12-22)26(24-15-8-3-9-16-24)27-21-23-13-6-2-7-14-23/h1-9,11-19,26-28H,10,20-21H2/b19-18+,25-17+. The molecule has 0 aliphatic heterocycles. The van der Waals surface area contributed by atoms with Crippen molar-refractivity contribution >= 4 is 6.08 Å². The van der Waals surface area contributed by atoms with Crippen molar-refractivity contribution in [1.29, 1.82) is 0 Å². The Labute approximate surface area is 167 Å². The predicted octanol–water partition coefficient (Wildman–Crippen LogP) is 5.54. The van der Waals surface area contributed by atoms with Gasteiger partial charge in [0.05, 0.1) is 6.04 Å². The van der Waals surface area contributed by atoms with Crippen LogP contribution in [0.15, 0.2) is 109 Å². The molecule has 0 bridgehead atoms. The second kappa shape index (κ2) is 11.0. The first kappa shape index (κ1) is 19.8. The van der Waals surface area contributed by atoms with E-state index in [0.29, 0.717) is 6.42 Å². The van der Waals surface area contributed by atoms with E-state index in [2.05, 4.69) is 84.2 Å². The molecular formula is C26H27NO.